The summed E-state index contributed by atoms with van der Waals surface area (Å²) in [6.07, 6.45) is 34.5. The van der Waals surface area contributed by atoms with Gasteiger partial charge in [-0.1, -0.05) is 188 Å². The zero-order valence-electron chi connectivity index (χ0n) is 27.3. The van der Waals surface area contributed by atoms with E-state index in [1.54, 1.807) is 0 Å². The first-order valence-corrected chi connectivity index (χ1v) is 19.5. The fourth-order valence-corrected chi connectivity index (χ4v) is 6.63. The molecule has 0 bridgehead atoms. The van der Waals surface area contributed by atoms with E-state index in [4.69, 9.17) is 4.18 Å². The van der Waals surface area contributed by atoms with E-state index in [1.807, 2.05) is 0 Å². The van der Waals surface area contributed by atoms with Crippen LogP contribution in [-0.2, 0) is 19.1 Å². The van der Waals surface area contributed by atoms with Crippen LogP contribution < -0.4 is 0 Å². The minimum atomic E-state index is -3.77. The molecule has 0 aromatic heterocycles. The van der Waals surface area contributed by atoms with Crippen molar-refractivity contribution in [1.29, 1.82) is 0 Å². The highest BCUT2D eigenvalue weighted by Crippen LogP contribution is 2.22. The molecule has 0 fully saturated rings. The number of rotatable bonds is 32. The van der Waals surface area contributed by atoms with Crippen LogP contribution in [0, 0.1) is 5.92 Å². The maximum atomic E-state index is 12.8. The van der Waals surface area contributed by atoms with Crippen LogP contribution in [0.3, 0.4) is 0 Å². The van der Waals surface area contributed by atoms with Crippen LogP contribution in [0.4, 0.5) is 0 Å². The largest absolute Gasteiger partial charge is 0.345 e. The van der Waals surface area contributed by atoms with Crippen LogP contribution >= 0.6 is 0 Å². The predicted octanol–water partition coefficient (Wildman–Crippen LogP) is 11.8. The molecule has 0 aliphatic rings. The van der Waals surface area contributed by atoms with Gasteiger partial charge in [0, 0.05) is 0 Å². The van der Waals surface area contributed by atoms with E-state index in [0.717, 1.165) is 64.2 Å². The summed E-state index contributed by atoms with van der Waals surface area (Å²) >= 11 is 0. The average Bonchev–Trinajstić information content (AvgIpc) is 2.93. The van der Waals surface area contributed by atoms with Gasteiger partial charge in [0.25, 0.3) is 0 Å². The average molecular weight is 587 g/mol. The topological polar surface area (TPSA) is 60.4 Å². The maximum absolute atomic E-state index is 12.8. The van der Waals surface area contributed by atoms with E-state index in [0.29, 0.717) is 6.42 Å². The first kappa shape index (κ1) is 39.4. The Bertz CT molecular complexity index is 631. The minimum absolute atomic E-state index is 0.0308. The lowest BCUT2D eigenvalue weighted by molar-refractivity contribution is -0.138. The highest BCUT2D eigenvalue weighted by atomic mass is 32.2. The summed E-state index contributed by atoms with van der Waals surface area (Å²) < 4.78 is 30.1. The van der Waals surface area contributed by atoms with E-state index in [1.165, 1.54) is 116 Å². The van der Waals surface area contributed by atoms with Crippen molar-refractivity contribution < 1.29 is 17.4 Å². The predicted molar refractivity (Wildman–Crippen MR) is 174 cm³/mol. The van der Waals surface area contributed by atoms with Gasteiger partial charge in [-0.3, -0.25) is 4.79 Å². The van der Waals surface area contributed by atoms with Crippen molar-refractivity contribution >= 4 is 16.1 Å². The van der Waals surface area contributed by atoms with Crippen LogP contribution in [-0.4, -0.2) is 20.1 Å². The van der Waals surface area contributed by atoms with Gasteiger partial charge in [-0.15, -0.1) is 0 Å². The lowest BCUT2D eigenvalue weighted by Gasteiger charge is -2.16. The molecule has 0 aliphatic heterocycles. The van der Waals surface area contributed by atoms with Gasteiger partial charge >= 0.3 is 16.1 Å². The van der Waals surface area contributed by atoms with Gasteiger partial charge < -0.3 is 4.18 Å². The Kier molecular flexibility index (Phi) is 29.5. The molecule has 0 heterocycles. The fourth-order valence-electron chi connectivity index (χ4n) is 5.61. The summed E-state index contributed by atoms with van der Waals surface area (Å²) in [7, 11) is -3.77. The van der Waals surface area contributed by atoms with E-state index >= 15 is 0 Å². The SMILES string of the molecule is CCCCCCCCCCCCCCCCCCCS(=O)(=O)OC(=O)C(CCCCCC)CCCCCCCC. The van der Waals surface area contributed by atoms with Crippen molar-refractivity contribution in [3.8, 4) is 0 Å². The first-order valence-electron chi connectivity index (χ1n) is 17.9. The van der Waals surface area contributed by atoms with Crippen molar-refractivity contribution in [1.82, 2.24) is 0 Å². The molecule has 0 amide bonds. The summed E-state index contributed by atoms with van der Waals surface area (Å²) in [5, 5.41) is 0. The highest BCUT2D eigenvalue weighted by molar-refractivity contribution is 7.87. The fraction of sp³-hybridized carbons (Fsp3) is 0.971. The molecule has 0 aromatic carbocycles. The second-order valence-corrected chi connectivity index (χ2v) is 14.1. The molecular weight excluding hydrogens is 516 g/mol. The highest BCUT2D eigenvalue weighted by Gasteiger charge is 2.25. The number of carbonyl (C=O) groups excluding carboxylic acids is 1. The molecule has 240 valence electrons. The van der Waals surface area contributed by atoms with E-state index < -0.39 is 16.1 Å². The van der Waals surface area contributed by atoms with Crippen molar-refractivity contribution in [3.05, 3.63) is 0 Å². The normalized spacial score (nSPS) is 12.6. The zero-order valence-corrected chi connectivity index (χ0v) is 28.1. The standard InChI is InChI=1S/C35H70O4S/c1-4-7-10-13-15-16-17-18-19-20-21-22-23-24-25-27-30-33-40(37,38)39-35(36)34(31-28-12-9-6-3)32-29-26-14-11-8-5-2/h34H,4-33H2,1-3H3. The molecule has 0 aliphatic carbocycles. The molecule has 0 radical (unpaired) electrons. The van der Waals surface area contributed by atoms with Crippen LogP contribution in [0.15, 0.2) is 0 Å². The van der Waals surface area contributed by atoms with Crippen molar-refractivity contribution in [3.63, 3.8) is 0 Å². The molecule has 0 N–H and O–H groups in total. The van der Waals surface area contributed by atoms with Crippen molar-refractivity contribution in [2.24, 2.45) is 5.92 Å². The lowest BCUT2D eigenvalue weighted by Crippen LogP contribution is -2.23. The molecule has 40 heavy (non-hydrogen) atoms. The Morgan fingerprint density at radius 3 is 1.07 bits per heavy atom. The molecule has 0 saturated carbocycles. The Morgan fingerprint density at radius 2 is 0.725 bits per heavy atom. The van der Waals surface area contributed by atoms with Crippen LogP contribution in [0.2, 0.25) is 0 Å². The number of hydrogen-bond acceptors (Lipinski definition) is 4. The third-order valence-electron chi connectivity index (χ3n) is 8.35. The third kappa shape index (κ3) is 27.6. The summed E-state index contributed by atoms with van der Waals surface area (Å²) in [5.74, 6) is -0.804. The van der Waals surface area contributed by atoms with Gasteiger partial charge in [0.05, 0.1) is 11.7 Å². The summed E-state index contributed by atoms with van der Waals surface area (Å²) in [6.45, 7) is 6.66. The van der Waals surface area contributed by atoms with E-state index in [9.17, 15) is 13.2 Å². The molecule has 0 aromatic rings. The van der Waals surface area contributed by atoms with E-state index in [2.05, 4.69) is 20.8 Å². The molecular formula is C35H70O4S. The summed E-state index contributed by atoms with van der Waals surface area (Å²) in [6, 6.07) is 0. The first-order chi connectivity index (χ1) is 19.5. The van der Waals surface area contributed by atoms with Crippen molar-refractivity contribution in [2.45, 2.75) is 207 Å². The van der Waals surface area contributed by atoms with Crippen LogP contribution in [0.5, 0.6) is 0 Å². The Hall–Kier alpha value is -0.580. The van der Waals surface area contributed by atoms with Gasteiger partial charge in [-0.05, 0) is 19.3 Å². The quantitative estimate of drug-likeness (QED) is 0.0581. The number of carbonyl (C=O) groups is 1. The van der Waals surface area contributed by atoms with Gasteiger partial charge in [0.1, 0.15) is 0 Å². The molecule has 0 spiro atoms. The minimum Gasteiger partial charge on any atom is -0.345 e. The second-order valence-electron chi connectivity index (χ2n) is 12.4. The van der Waals surface area contributed by atoms with Crippen LogP contribution in [0.1, 0.15) is 207 Å². The van der Waals surface area contributed by atoms with E-state index in [-0.39, 0.29) is 11.7 Å². The monoisotopic (exact) mass is 586 g/mol. The van der Waals surface area contributed by atoms with Gasteiger partial charge in [0.2, 0.25) is 0 Å². The molecule has 5 heteroatoms. The second kappa shape index (κ2) is 29.9. The van der Waals surface area contributed by atoms with Crippen molar-refractivity contribution in [2.75, 3.05) is 5.75 Å². The summed E-state index contributed by atoms with van der Waals surface area (Å²) in [4.78, 5) is 12.8. The summed E-state index contributed by atoms with van der Waals surface area (Å²) in [5.41, 5.74) is 0. The van der Waals surface area contributed by atoms with Crippen LogP contribution in [0.25, 0.3) is 0 Å². The Morgan fingerprint density at radius 1 is 0.450 bits per heavy atom. The van der Waals surface area contributed by atoms with Gasteiger partial charge in [-0.2, -0.15) is 8.42 Å². The smallest absolute Gasteiger partial charge is 0.325 e. The Balaban J connectivity index is 3.92. The maximum Gasteiger partial charge on any atom is 0.325 e. The molecule has 0 rings (SSSR count). The molecule has 1 unspecified atom stereocenters. The molecule has 1 atom stereocenters. The Labute approximate surface area is 251 Å². The van der Waals surface area contributed by atoms with Gasteiger partial charge in [0.15, 0.2) is 0 Å². The third-order valence-corrected chi connectivity index (χ3v) is 9.56. The number of hydrogen-bond donors (Lipinski definition) is 0. The number of unbranched alkanes of at least 4 members (excludes halogenated alkanes) is 24. The zero-order chi connectivity index (χ0) is 29.6. The molecule has 4 nitrogen and oxygen atoms in total. The van der Waals surface area contributed by atoms with Gasteiger partial charge in [-0.25, -0.2) is 0 Å². The lowest BCUT2D eigenvalue weighted by atomic mass is 9.94. The molecule has 0 saturated heterocycles.